The van der Waals surface area contributed by atoms with E-state index >= 15 is 0 Å². The molecule has 178 valence electrons. The van der Waals surface area contributed by atoms with Crippen LogP contribution in [0.5, 0.6) is 0 Å². The second kappa shape index (κ2) is 9.97. The lowest BCUT2D eigenvalue weighted by atomic mass is 10.1. The van der Waals surface area contributed by atoms with Crippen molar-refractivity contribution in [1.82, 2.24) is 19.9 Å². The van der Waals surface area contributed by atoms with Crippen molar-refractivity contribution in [3.8, 4) is 0 Å². The van der Waals surface area contributed by atoms with Gasteiger partial charge in [-0.05, 0) is 49.6 Å². The molecule has 1 aliphatic heterocycles. The number of anilines is 2. The molecular weight excluding hydrogens is 440 g/mol. The zero-order valence-corrected chi connectivity index (χ0v) is 19.6. The highest BCUT2D eigenvalue weighted by Gasteiger charge is 2.25. The van der Waals surface area contributed by atoms with Crippen molar-refractivity contribution in [1.29, 1.82) is 0 Å². The van der Waals surface area contributed by atoms with Crippen molar-refractivity contribution in [3.63, 3.8) is 0 Å². The molecule has 0 bridgehead atoms. The van der Waals surface area contributed by atoms with Crippen molar-refractivity contribution in [2.75, 3.05) is 23.3 Å². The van der Waals surface area contributed by atoms with E-state index in [0.29, 0.717) is 36.6 Å². The van der Waals surface area contributed by atoms with E-state index in [1.54, 1.807) is 10.8 Å². The number of para-hydroxylation sites is 1. The van der Waals surface area contributed by atoms with E-state index in [1.807, 2.05) is 78.6 Å². The van der Waals surface area contributed by atoms with Gasteiger partial charge < -0.3 is 15.5 Å². The van der Waals surface area contributed by atoms with Crippen LogP contribution in [0.15, 0.2) is 77.7 Å². The van der Waals surface area contributed by atoms with E-state index < -0.39 is 0 Å². The fourth-order valence-electron chi connectivity index (χ4n) is 4.40. The third kappa shape index (κ3) is 5.16. The second-order valence-corrected chi connectivity index (χ2v) is 8.88. The Balaban J connectivity index is 1.32. The molecule has 0 spiro atoms. The standard InChI is InChI=1S/C27H28N6O2/c1-19-9-11-20(12-10-19)18-33-24-23(8-5-15-28-24)31-25(26(33)34)32-16-13-22(14-17-32)30-27(35)29-21-6-3-2-4-7-21/h2-12,15,22H,13-14,16-18H2,1H3,(H2,29,30,35). The lowest BCUT2D eigenvalue weighted by Gasteiger charge is -2.33. The monoisotopic (exact) mass is 468 g/mol. The van der Waals surface area contributed by atoms with Crippen LogP contribution in [0, 0.1) is 6.92 Å². The molecule has 0 radical (unpaired) electrons. The van der Waals surface area contributed by atoms with Gasteiger partial charge in [-0.15, -0.1) is 0 Å². The van der Waals surface area contributed by atoms with Crippen LogP contribution in [-0.2, 0) is 6.54 Å². The van der Waals surface area contributed by atoms with E-state index in [0.717, 1.165) is 24.1 Å². The Morgan fingerprint density at radius 1 is 1.00 bits per heavy atom. The second-order valence-electron chi connectivity index (χ2n) is 8.88. The number of aryl methyl sites for hydroxylation is 1. The molecule has 8 heteroatoms. The molecule has 2 N–H and O–H groups in total. The molecule has 0 saturated carbocycles. The smallest absolute Gasteiger partial charge is 0.319 e. The van der Waals surface area contributed by atoms with Gasteiger partial charge in [0.1, 0.15) is 5.52 Å². The van der Waals surface area contributed by atoms with Crippen molar-refractivity contribution >= 4 is 28.7 Å². The third-order valence-corrected chi connectivity index (χ3v) is 6.31. The number of piperidine rings is 1. The molecule has 0 unspecified atom stereocenters. The van der Waals surface area contributed by atoms with E-state index in [2.05, 4.69) is 20.6 Å². The molecule has 0 atom stereocenters. The van der Waals surface area contributed by atoms with Crippen molar-refractivity contribution < 1.29 is 4.79 Å². The zero-order chi connectivity index (χ0) is 24.2. The zero-order valence-electron chi connectivity index (χ0n) is 19.6. The minimum absolute atomic E-state index is 0.0341. The van der Waals surface area contributed by atoms with E-state index in [4.69, 9.17) is 0 Å². The largest absolute Gasteiger partial charge is 0.352 e. The van der Waals surface area contributed by atoms with E-state index in [1.165, 1.54) is 5.56 Å². The fourth-order valence-corrected chi connectivity index (χ4v) is 4.40. The molecule has 1 aliphatic rings. The first kappa shape index (κ1) is 22.6. The van der Waals surface area contributed by atoms with Crippen molar-refractivity contribution in [3.05, 3.63) is 94.4 Å². The molecule has 5 rings (SSSR count). The molecule has 35 heavy (non-hydrogen) atoms. The first-order valence-corrected chi connectivity index (χ1v) is 11.9. The van der Waals surface area contributed by atoms with Gasteiger partial charge in [-0.25, -0.2) is 14.8 Å². The highest BCUT2D eigenvalue weighted by atomic mass is 16.2. The van der Waals surface area contributed by atoms with Crippen LogP contribution in [-0.4, -0.2) is 39.7 Å². The van der Waals surface area contributed by atoms with Gasteiger partial charge in [0, 0.05) is 31.0 Å². The maximum absolute atomic E-state index is 13.6. The average molecular weight is 469 g/mol. The summed E-state index contributed by atoms with van der Waals surface area (Å²) in [5.41, 5.74) is 4.09. The summed E-state index contributed by atoms with van der Waals surface area (Å²) in [5, 5.41) is 5.90. The van der Waals surface area contributed by atoms with Crippen LogP contribution in [0.1, 0.15) is 24.0 Å². The van der Waals surface area contributed by atoms with Crippen LogP contribution in [0.2, 0.25) is 0 Å². The number of aromatic nitrogens is 3. The number of nitrogens with one attached hydrogen (secondary N) is 2. The number of benzene rings is 2. The number of carbonyl (C=O) groups is 1. The Labute approximate surface area is 203 Å². The Hall–Kier alpha value is -4.20. The number of fused-ring (bicyclic) bond motifs is 1. The van der Waals surface area contributed by atoms with Crippen LogP contribution in [0.3, 0.4) is 0 Å². The first-order chi connectivity index (χ1) is 17.1. The quantitative estimate of drug-likeness (QED) is 0.463. The lowest BCUT2D eigenvalue weighted by molar-refractivity contribution is 0.246. The van der Waals surface area contributed by atoms with Gasteiger partial charge in [0.2, 0.25) is 0 Å². The number of amides is 2. The first-order valence-electron chi connectivity index (χ1n) is 11.9. The molecule has 1 saturated heterocycles. The number of nitrogens with zero attached hydrogens (tertiary/aromatic N) is 4. The minimum Gasteiger partial charge on any atom is -0.352 e. The molecule has 4 aromatic rings. The molecule has 8 nitrogen and oxygen atoms in total. The predicted octanol–water partition coefficient (Wildman–Crippen LogP) is 3.94. The van der Waals surface area contributed by atoms with Crippen LogP contribution in [0.25, 0.3) is 11.2 Å². The molecule has 2 aromatic heterocycles. The Morgan fingerprint density at radius 3 is 2.49 bits per heavy atom. The summed E-state index contributed by atoms with van der Waals surface area (Å²) in [5.74, 6) is 0.435. The van der Waals surface area contributed by atoms with Gasteiger partial charge >= 0.3 is 6.03 Å². The van der Waals surface area contributed by atoms with Crippen LogP contribution < -0.4 is 21.1 Å². The van der Waals surface area contributed by atoms with Gasteiger partial charge in [-0.3, -0.25) is 9.36 Å². The van der Waals surface area contributed by atoms with Gasteiger partial charge in [-0.1, -0.05) is 48.0 Å². The maximum Gasteiger partial charge on any atom is 0.319 e. The van der Waals surface area contributed by atoms with Gasteiger partial charge in [0.25, 0.3) is 5.56 Å². The number of rotatable bonds is 5. The van der Waals surface area contributed by atoms with Crippen LogP contribution >= 0.6 is 0 Å². The van der Waals surface area contributed by atoms with E-state index in [-0.39, 0.29) is 17.6 Å². The van der Waals surface area contributed by atoms with Gasteiger partial charge in [0.05, 0.1) is 6.54 Å². The fraction of sp³-hybridized carbons (Fsp3) is 0.259. The normalized spacial score (nSPS) is 14.1. The highest BCUT2D eigenvalue weighted by Crippen LogP contribution is 2.19. The molecule has 0 aliphatic carbocycles. The Bertz CT molecular complexity index is 1380. The Morgan fingerprint density at radius 2 is 1.74 bits per heavy atom. The summed E-state index contributed by atoms with van der Waals surface area (Å²) < 4.78 is 1.71. The molecule has 1 fully saturated rings. The summed E-state index contributed by atoms with van der Waals surface area (Å²) in [6.07, 6.45) is 3.14. The van der Waals surface area contributed by atoms with Crippen molar-refractivity contribution in [2.24, 2.45) is 0 Å². The lowest BCUT2D eigenvalue weighted by Crippen LogP contribution is -2.47. The minimum atomic E-state index is -0.218. The van der Waals surface area contributed by atoms with Crippen LogP contribution in [0.4, 0.5) is 16.3 Å². The average Bonchev–Trinajstić information content (AvgIpc) is 2.88. The topological polar surface area (TPSA) is 92.2 Å². The SMILES string of the molecule is Cc1ccc(Cn2c(=O)c(N3CCC(NC(=O)Nc4ccccc4)CC3)nc3cccnc32)cc1. The molecular formula is C27H28N6O2. The summed E-state index contributed by atoms with van der Waals surface area (Å²) >= 11 is 0. The number of hydrogen-bond donors (Lipinski definition) is 2. The van der Waals surface area contributed by atoms with Gasteiger partial charge in [0.15, 0.2) is 11.5 Å². The van der Waals surface area contributed by atoms with Gasteiger partial charge in [-0.2, -0.15) is 0 Å². The third-order valence-electron chi connectivity index (χ3n) is 6.31. The summed E-state index contributed by atoms with van der Waals surface area (Å²) in [7, 11) is 0. The summed E-state index contributed by atoms with van der Waals surface area (Å²) in [4.78, 5) is 37.1. The molecule has 2 aromatic carbocycles. The number of carbonyl (C=O) groups excluding carboxylic acids is 1. The maximum atomic E-state index is 13.6. The number of urea groups is 1. The van der Waals surface area contributed by atoms with Crippen molar-refractivity contribution in [2.45, 2.75) is 32.4 Å². The molecule has 3 heterocycles. The highest BCUT2D eigenvalue weighted by molar-refractivity contribution is 5.89. The molecule has 2 amide bonds. The number of pyridine rings is 1. The number of hydrogen-bond acceptors (Lipinski definition) is 5. The summed E-state index contributed by atoms with van der Waals surface area (Å²) in [6, 6.07) is 21.1. The predicted molar refractivity (Wildman–Crippen MR) is 138 cm³/mol. The van der Waals surface area contributed by atoms with E-state index in [9.17, 15) is 9.59 Å². The Kier molecular flexibility index (Phi) is 6.43. The summed E-state index contributed by atoms with van der Waals surface area (Å²) in [6.45, 7) is 3.74.